The van der Waals surface area contributed by atoms with Crippen LogP contribution in [0, 0.1) is 0 Å². The second-order valence-electron chi connectivity index (χ2n) is 8.89. The Kier molecular flexibility index (Phi) is 14.8. The minimum absolute atomic E-state index is 0.0432. The lowest BCUT2D eigenvalue weighted by Crippen LogP contribution is -2.58. The molecule has 11 N–H and O–H groups in total. The molecule has 4 amide bonds. The lowest BCUT2D eigenvalue weighted by Gasteiger charge is -2.22. The maximum Gasteiger partial charge on any atom is 0.327 e. The van der Waals surface area contributed by atoms with Gasteiger partial charge in [0, 0.05) is 25.1 Å². The first-order valence-electron chi connectivity index (χ1n) is 12.3. The van der Waals surface area contributed by atoms with E-state index in [4.69, 9.17) is 26.8 Å². The molecule has 0 spiro atoms. The van der Waals surface area contributed by atoms with Gasteiger partial charge in [0.2, 0.25) is 23.6 Å². The second-order valence-corrected chi connectivity index (χ2v) is 9.25. The fourth-order valence-electron chi connectivity index (χ4n) is 3.28. The number of nitrogens with one attached hydrogen (secondary N) is 4. The fourth-order valence-corrected chi connectivity index (χ4v) is 3.53. The molecule has 5 atom stereocenters. The number of carbonyl (C=O) groups excluding carboxylic acids is 4. The normalized spacial score (nSPS) is 14.3. The predicted octanol–water partition coefficient (Wildman–Crippen LogP) is -3.19. The third-order valence-electron chi connectivity index (χ3n) is 5.58. The van der Waals surface area contributed by atoms with Gasteiger partial charge in [0.25, 0.3) is 0 Å². The molecule has 0 saturated carbocycles. The standard InChI is InChI=1S/C24H34N6O10S/c25-13(23(37)38)6-7-18(31)28-15(8-12-4-2-1-3-5-12)21(35)27-10-14(26)20(34)29-16(9-19(32)33)22(36)30-17(11-41)24(39)40/h1-5,13-17,41H,6-11,25-26H2,(H,27,35)(H,28,31)(H,29,34)(H,30,36)(H,32,33)(H,37,38)(H,39,40)/t13-,14-,15-,16-,17-/m0/s1. The van der Waals surface area contributed by atoms with Crippen molar-refractivity contribution in [3.05, 3.63) is 35.9 Å². The average molecular weight is 599 g/mol. The van der Waals surface area contributed by atoms with E-state index in [0.29, 0.717) is 5.56 Å². The van der Waals surface area contributed by atoms with E-state index in [2.05, 4.69) is 33.9 Å². The summed E-state index contributed by atoms with van der Waals surface area (Å²) in [5.74, 6) is -7.94. The first-order chi connectivity index (χ1) is 19.2. The topological polar surface area (TPSA) is 280 Å². The predicted molar refractivity (Wildman–Crippen MR) is 146 cm³/mol. The van der Waals surface area contributed by atoms with Gasteiger partial charge >= 0.3 is 17.9 Å². The number of carboxylic acid groups (broad SMARTS) is 3. The highest BCUT2D eigenvalue weighted by Crippen LogP contribution is 2.05. The fraction of sp³-hybridized carbons (Fsp3) is 0.458. The summed E-state index contributed by atoms with van der Waals surface area (Å²) in [6.45, 7) is -0.481. The molecule has 0 aliphatic heterocycles. The number of benzene rings is 1. The molecule has 0 saturated heterocycles. The van der Waals surface area contributed by atoms with Gasteiger partial charge in [-0.25, -0.2) is 4.79 Å². The Morgan fingerprint density at radius 1 is 0.756 bits per heavy atom. The molecule has 1 aromatic rings. The van der Waals surface area contributed by atoms with Crippen LogP contribution < -0.4 is 32.7 Å². The zero-order valence-corrected chi connectivity index (χ0v) is 22.7. The smallest absolute Gasteiger partial charge is 0.327 e. The molecule has 226 valence electrons. The number of aliphatic carboxylic acids is 3. The van der Waals surface area contributed by atoms with Crippen LogP contribution >= 0.6 is 12.6 Å². The molecular formula is C24H34N6O10S. The van der Waals surface area contributed by atoms with Gasteiger partial charge in [0.1, 0.15) is 30.2 Å². The van der Waals surface area contributed by atoms with Gasteiger partial charge in [-0.2, -0.15) is 12.6 Å². The van der Waals surface area contributed by atoms with Gasteiger partial charge in [0.05, 0.1) is 6.42 Å². The minimum Gasteiger partial charge on any atom is -0.481 e. The average Bonchev–Trinajstić information content (AvgIpc) is 2.92. The Morgan fingerprint density at radius 2 is 1.37 bits per heavy atom. The molecule has 0 aromatic heterocycles. The van der Waals surface area contributed by atoms with E-state index in [1.165, 1.54) is 0 Å². The molecular weight excluding hydrogens is 564 g/mol. The lowest BCUT2D eigenvalue weighted by molar-refractivity contribution is -0.143. The second kappa shape index (κ2) is 17.5. The summed E-state index contributed by atoms with van der Waals surface area (Å²) < 4.78 is 0. The number of amides is 4. The van der Waals surface area contributed by atoms with Crippen molar-refractivity contribution < 1.29 is 48.9 Å². The first kappa shape index (κ1) is 34.8. The van der Waals surface area contributed by atoms with Crippen LogP contribution in [0.25, 0.3) is 0 Å². The molecule has 0 aliphatic carbocycles. The van der Waals surface area contributed by atoms with Crippen LogP contribution in [-0.2, 0) is 40.0 Å². The van der Waals surface area contributed by atoms with E-state index in [1.54, 1.807) is 30.3 Å². The van der Waals surface area contributed by atoms with Crippen LogP contribution in [0.15, 0.2) is 30.3 Å². The number of nitrogens with two attached hydrogens (primary N) is 2. The van der Waals surface area contributed by atoms with Crippen molar-refractivity contribution >= 4 is 54.2 Å². The van der Waals surface area contributed by atoms with Gasteiger partial charge in [0.15, 0.2) is 0 Å². The van der Waals surface area contributed by atoms with E-state index >= 15 is 0 Å². The van der Waals surface area contributed by atoms with Crippen molar-refractivity contribution in [3.8, 4) is 0 Å². The monoisotopic (exact) mass is 598 g/mol. The quantitative estimate of drug-likeness (QED) is 0.0748. The largest absolute Gasteiger partial charge is 0.481 e. The Bertz CT molecular complexity index is 1110. The molecule has 0 bridgehead atoms. The minimum atomic E-state index is -1.68. The van der Waals surface area contributed by atoms with E-state index in [-0.39, 0.29) is 25.0 Å². The van der Waals surface area contributed by atoms with Crippen molar-refractivity contribution in [3.63, 3.8) is 0 Å². The molecule has 0 heterocycles. The van der Waals surface area contributed by atoms with Crippen LogP contribution in [0.2, 0.25) is 0 Å². The number of carboxylic acids is 3. The Morgan fingerprint density at radius 3 is 1.90 bits per heavy atom. The summed E-state index contributed by atoms with van der Waals surface area (Å²) >= 11 is 3.80. The van der Waals surface area contributed by atoms with Crippen molar-refractivity contribution in [1.29, 1.82) is 0 Å². The SMILES string of the molecule is N[C@@H](CCC(=O)N[C@@H](Cc1ccccc1)C(=O)NC[C@H](N)C(=O)N[C@@H](CC(=O)O)C(=O)N[C@@H](CS)C(=O)O)C(=O)O. The third-order valence-corrected chi connectivity index (χ3v) is 5.94. The Hall–Kier alpha value is -4.22. The van der Waals surface area contributed by atoms with Crippen molar-refractivity contribution in [2.45, 2.75) is 55.9 Å². The van der Waals surface area contributed by atoms with E-state index in [1.807, 2.05) is 0 Å². The van der Waals surface area contributed by atoms with Gasteiger partial charge in [-0.3, -0.25) is 28.8 Å². The first-order valence-corrected chi connectivity index (χ1v) is 12.9. The summed E-state index contributed by atoms with van der Waals surface area (Å²) in [5, 5.41) is 36.1. The highest BCUT2D eigenvalue weighted by Gasteiger charge is 2.30. The van der Waals surface area contributed by atoms with Crippen LogP contribution in [0.4, 0.5) is 0 Å². The molecule has 1 aromatic carbocycles. The number of hydrogen-bond donors (Lipinski definition) is 10. The van der Waals surface area contributed by atoms with Crippen molar-refractivity contribution in [1.82, 2.24) is 21.3 Å². The Balaban J connectivity index is 2.86. The highest BCUT2D eigenvalue weighted by atomic mass is 32.1. The van der Waals surface area contributed by atoms with Crippen LogP contribution in [0.3, 0.4) is 0 Å². The van der Waals surface area contributed by atoms with Crippen LogP contribution in [-0.4, -0.2) is 99.4 Å². The number of carbonyl (C=O) groups is 7. The van der Waals surface area contributed by atoms with Crippen molar-refractivity contribution in [2.24, 2.45) is 11.5 Å². The van der Waals surface area contributed by atoms with Gasteiger partial charge < -0.3 is 48.1 Å². The lowest BCUT2D eigenvalue weighted by atomic mass is 10.0. The molecule has 17 heteroatoms. The molecule has 1 rings (SSSR count). The zero-order chi connectivity index (χ0) is 31.1. The van der Waals surface area contributed by atoms with E-state index in [9.17, 15) is 33.6 Å². The number of thiol groups is 1. The maximum absolute atomic E-state index is 12.9. The van der Waals surface area contributed by atoms with Gasteiger partial charge in [-0.1, -0.05) is 30.3 Å². The zero-order valence-electron chi connectivity index (χ0n) is 21.8. The van der Waals surface area contributed by atoms with Crippen molar-refractivity contribution in [2.75, 3.05) is 12.3 Å². The summed E-state index contributed by atoms with van der Waals surface area (Å²) in [6.07, 6.45) is -1.27. The summed E-state index contributed by atoms with van der Waals surface area (Å²) in [5.41, 5.74) is 11.9. The highest BCUT2D eigenvalue weighted by molar-refractivity contribution is 7.80. The molecule has 0 unspecified atom stereocenters. The number of hydrogen-bond acceptors (Lipinski definition) is 10. The van der Waals surface area contributed by atoms with E-state index in [0.717, 1.165) is 0 Å². The van der Waals surface area contributed by atoms with Gasteiger partial charge in [-0.05, 0) is 12.0 Å². The Labute approximate surface area is 240 Å². The summed E-state index contributed by atoms with van der Waals surface area (Å²) in [7, 11) is 0. The number of rotatable bonds is 18. The maximum atomic E-state index is 12.9. The summed E-state index contributed by atoms with van der Waals surface area (Å²) in [4.78, 5) is 83.5. The third kappa shape index (κ3) is 13.1. The molecule has 41 heavy (non-hydrogen) atoms. The van der Waals surface area contributed by atoms with Gasteiger partial charge in [-0.15, -0.1) is 0 Å². The summed E-state index contributed by atoms with van der Waals surface area (Å²) in [6, 6.07) is 1.62. The molecule has 0 aliphatic rings. The molecule has 0 fully saturated rings. The molecule has 0 radical (unpaired) electrons. The van der Waals surface area contributed by atoms with E-state index < -0.39 is 84.7 Å². The van der Waals surface area contributed by atoms with Crippen LogP contribution in [0.5, 0.6) is 0 Å². The molecule has 16 nitrogen and oxygen atoms in total. The van der Waals surface area contributed by atoms with Crippen LogP contribution in [0.1, 0.15) is 24.8 Å².